The van der Waals surface area contributed by atoms with Crippen LogP contribution in [0.4, 0.5) is 13.2 Å². The number of aromatic nitrogens is 1. The van der Waals surface area contributed by atoms with E-state index < -0.39 is 47.9 Å². The minimum absolute atomic E-state index is 0.0467. The lowest BCUT2D eigenvalue weighted by molar-refractivity contribution is -0.175. The maximum atomic E-state index is 13.7. The Morgan fingerprint density at radius 1 is 0.905 bits per heavy atom. The van der Waals surface area contributed by atoms with Crippen molar-refractivity contribution < 1.29 is 37.0 Å². The van der Waals surface area contributed by atoms with Gasteiger partial charge in [-0.25, -0.2) is 0 Å². The summed E-state index contributed by atoms with van der Waals surface area (Å²) in [6, 6.07) is 12.0. The van der Waals surface area contributed by atoms with E-state index in [1.165, 1.54) is 69.6 Å². The maximum absolute atomic E-state index is 13.7. The molecule has 224 valence electrons. The minimum Gasteiger partial charge on any atom is -0.497 e. The highest BCUT2D eigenvalue weighted by Gasteiger charge is 2.45. The lowest BCUT2D eigenvalue weighted by Crippen LogP contribution is -2.53. The summed E-state index contributed by atoms with van der Waals surface area (Å²) in [6.07, 6.45) is -4.98. The Kier molecular flexibility index (Phi) is 11.2. The van der Waals surface area contributed by atoms with Crippen LogP contribution >= 0.6 is 23.2 Å². The third-order valence-corrected chi connectivity index (χ3v) is 6.49. The van der Waals surface area contributed by atoms with Crippen LogP contribution in [0.5, 0.6) is 11.5 Å². The number of rotatable bonds is 12. The number of pyridine rings is 1. The number of ketones is 1. The van der Waals surface area contributed by atoms with E-state index in [-0.39, 0.29) is 27.8 Å². The maximum Gasteiger partial charge on any atom is 0.452 e. The van der Waals surface area contributed by atoms with E-state index in [0.717, 1.165) is 0 Å². The molecule has 2 aromatic carbocycles. The van der Waals surface area contributed by atoms with Crippen molar-refractivity contribution in [1.29, 1.82) is 0 Å². The van der Waals surface area contributed by atoms with Gasteiger partial charge in [0.1, 0.15) is 17.5 Å². The minimum atomic E-state index is -5.18. The van der Waals surface area contributed by atoms with Gasteiger partial charge in [0.15, 0.2) is 6.10 Å². The molecule has 42 heavy (non-hydrogen) atoms. The van der Waals surface area contributed by atoms with Crippen LogP contribution in [0, 0.1) is 5.92 Å². The van der Waals surface area contributed by atoms with Gasteiger partial charge in [-0.3, -0.25) is 19.4 Å². The second kappa shape index (κ2) is 14.4. The van der Waals surface area contributed by atoms with Crippen molar-refractivity contribution >= 4 is 40.8 Å². The molecule has 0 aliphatic carbocycles. The van der Waals surface area contributed by atoms with Crippen molar-refractivity contribution in [2.75, 3.05) is 7.11 Å². The number of hydrogen-bond acceptors (Lipinski definition) is 6. The summed E-state index contributed by atoms with van der Waals surface area (Å²) in [4.78, 5) is 43.4. The van der Waals surface area contributed by atoms with Crippen LogP contribution in [0.2, 0.25) is 10.0 Å². The molecule has 3 rings (SSSR count). The number of amides is 2. The predicted molar refractivity (Wildman–Crippen MR) is 151 cm³/mol. The molecule has 2 N–H and O–H groups in total. The van der Waals surface area contributed by atoms with Gasteiger partial charge in [0, 0.05) is 28.4 Å². The number of halogens is 5. The number of hydrogen-bond donors (Lipinski definition) is 2. The fourth-order valence-electron chi connectivity index (χ4n) is 3.94. The Balaban J connectivity index is 1.96. The molecule has 3 aromatic rings. The van der Waals surface area contributed by atoms with E-state index in [1.807, 2.05) is 0 Å². The van der Waals surface area contributed by atoms with E-state index in [9.17, 15) is 27.6 Å². The summed E-state index contributed by atoms with van der Waals surface area (Å²) in [6.45, 7) is 2.73. The topological polar surface area (TPSA) is 107 Å². The molecule has 0 saturated carbocycles. The first kappa shape index (κ1) is 32.7. The molecule has 0 bridgehead atoms. The van der Waals surface area contributed by atoms with Crippen LogP contribution in [0.15, 0.2) is 66.9 Å². The van der Waals surface area contributed by atoms with Crippen LogP contribution in [0.3, 0.4) is 0 Å². The van der Waals surface area contributed by atoms with Crippen molar-refractivity contribution in [3.63, 3.8) is 0 Å². The highest BCUT2D eigenvalue weighted by atomic mass is 35.5. The van der Waals surface area contributed by atoms with Crippen molar-refractivity contribution in [3.8, 4) is 11.5 Å². The Bertz CT molecular complexity index is 1370. The molecule has 0 unspecified atom stereocenters. The first-order valence-electron chi connectivity index (χ1n) is 12.7. The lowest BCUT2D eigenvalue weighted by atomic mass is 9.97. The number of carbonyl (C=O) groups is 3. The highest BCUT2D eigenvalue weighted by Crippen LogP contribution is 2.27. The number of methoxy groups -OCH3 is 1. The summed E-state index contributed by atoms with van der Waals surface area (Å²) >= 11 is 12.2. The molecule has 3 atom stereocenters. The fraction of sp³-hybridized carbons (Fsp3) is 0.310. The van der Waals surface area contributed by atoms with E-state index in [0.29, 0.717) is 11.4 Å². The second-order valence-electron chi connectivity index (χ2n) is 9.54. The Hall–Kier alpha value is -3.83. The molecule has 0 aliphatic heterocycles. The summed E-state index contributed by atoms with van der Waals surface area (Å²) in [7, 11) is 1.43. The largest absolute Gasteiger partial charge is 0.497 e. The Morgan fingerprint density at radius 2 is 1.55 bits per heavy atom. The fourth-order valence-corrected chi connectivity index (χ4v) is 4.44. The van der Waals surface area contributed by atoms with Crippen molar-refractivity contribution in [2.24, 2.45) is 5.92 Å². The van der Waals surface area contributed by atoms with Gasteiger partial charge in [-0.15, -0.1) is 0 Å². The molecule has 1 aromatic heterocycles. The first-order valence-corrected chi connectivity index (χ1v) is 13.4. The molecular weight excluding hydrogens is 598 g/mol. The molecule has 0 spiro atoms. The van der Waals surface area contributed by atoms with Crippen molar-refractivity contribution in [2.45, 2.75) is 44.6 Å². The van der Waals surface area contributed by atoms with Gasteiger partial charge in [-0.1, -0.05) is 55.2 Å². The Morgan fingerprint density at radius 3 is 2.07 bits per heavy atom. The van der Waals surface area contributed by atoms with Crippen LogP contribution in [0.25, 0.3) is 0 Å². The van der Waals surface area contributed by atoms with Gasteiger partial charge < -0.3 is 20.1 Å². The molecule has 0 fully saturated rings. The number of nitrogens with zero attached hydrogens (tertiary/aromatic N) is 1. The SMILES string of the molecule is COc1ccc([C@H](NC(=O)[C@H](Cc2ccccn2)Oc2cc(Cl)cc(Cl)c2)C(=O)N[C@H](C(=O)C(F)(F)F)C(C)C)cc1. The lowest BCUT2D eigenvalue weighted by Gasteiger charge is -2.27. The standard InChI is InChI=1S/C29H28Cl2F3N3O5/c1-16(2)24(26(38)29(32,33)34)36-28(40)25(17-7-9-21(41-3)10-8-17)37-27(39)23(15-20-6-4-5-11-35-20)42-22-13-18(30)12-19(31)14-22/h4-14,16,23-25H,15H2,1-3H3,(H,36,40)(H,37,39)/t23-,24-,25-/m0/s1. The normalized spacial score (nSPS) is 13.5. The number of carbonyl (C=O) groups excluding carboxylic acids is 3. The van der Waals surface area contributed by atoms with Crippen LogP contribution < -0.4 is 20.1 Å². The van der Waals surface area contributed by atoms with Gasteiger partial charge in [-0.05, 0) is 53.9 Å². The van der Waals surface area contributed by atoms with E-state index in [1.54, 1.807) is 18.2 Å². The molecule has 8 nitrogen and oxygen atoms in total. The number of alkyl halides is 3. The molecule has 0 saturated heterocycles. The van der Waals surface area contributed by atoms with Crippen molar-refractivity contribution in [3.05, 3.63) is 88.2 Å². The molecule has 0 aliphatic rings. The number of Topliss-reactive ketones (excluding diaryl/α,β-unsaturated/α-hetero) is 1. The van der Waals surface area contributed by atoms with Gasteiger partial charge in [0.05, 0.1) is 13.2 Å². The smallest absolute Gasteiger partial charge is 0.452 e. The predicted octanol–water partition coefficient (Wildman–Crippen LogP) is 5.52. The van der Waals surface area contributed by atoms with Crippen LogP contribution in [-0.2, 0) is 20.8 Å². The van der Waals surface area contributed by atoms with Gasteiger partial charge in [-0.2, -0.15) is 13.2 Å². The second-order valence-corrected chi connectivity index (χ2v) is 10.4. The highest BCUT2D eigenvalue weighted by molar-refractivity contribution is 6.34. The monoisotopic (exact) mass is 625 g/mol. The average Bonchev–Trinajstić information content (AvgIpc) is 2.93. The zero-order chi connectivity index (χ0) is 31.0. The van der Waals surface area contributed by atoms with E-state index >= 15 is 0 Å². The van der Waals surface area contributed by atoms with E-state index in [4.69, 9.17) is 32.7 Å². The Labute approximate surface area is 250 Å². The van der Waals surface area contributed by atoms with E-state index in [2.05, 4.69) is 15.6 Å². The van der Waals surface area contributed by atoms with Gasteiger partial charge in [0.2, 0.25) is 5.91 Å². The van der Waals surface area contributed by atoms with Crippen LogP contribution in [-0.4, -0.2) is 48.0 Å². The quantitative estimate of drug-likeness (QED) is 0.275. The number of benzene rings is 2. The third kappa shape index (κ3) is 9.09. The van der Waals surface area contributed by atoms with Gasteiger partial charge in [0.25, 0.3) is 11.7 Å². The number of nitrogens with one attached hydrogen (secondary N) is 2. The zero-order valence-electron chi connectivity index (χ0n) is 22.7. The molecule has 2 amide bonds. The summed E-state index contributed by atoms with van der Waals surface area (Å²) in [5.41, 5.74) is 0.692. The van der Waals surface area contributed by atoms with Gasteiger partial charge >= 0.3 is 6.18 Å². The molecular formula is C29H28Cl2F3N3O5. The number of ether oxygens (including phenoxy) is 2. The summed E-state index contributed by atoms with van der Waals surface area (Å²) in [5.74, 6) is -4.25. The zero-order valence-corrected chi connectivity index (χ0v) is 24.3. The van der Waals surface area contributed by atoms with Crippen LogP contribution in [0.1, 0.15) is 31.1 Å². The third-order valence-electron chi connectivity index (χ3n) is 6.05. The molecule has 0 radical (unpaired) electrons. The van der Waals surface area contributed by atoms with Crippen molar-refractivity contribution in [1.82, 2.24) is 15.6 Å². The average molecular weight is 626 g/mol. The summed E-state index contributed by atoms with van der Waals surface area (Å²) in [5, 5.41) is 5.22. The molecule has 13 heteroatoms. The summed E-state index contributed by atoms with van der Waals surface area (Å²) < 4.78 is 50.9. The first-order chi connectivity index (χ1) is 19.8. The molecule has 1 heterocycles.